The molecular weight excluding hydrogens is 334 g/mol. The van der Waals surface area contributed by atoms with Crippen LogP contribution >= 0.6 is 0 Å². The van der Waals surface area contributed by atoms with Crippen LogP contribution in [0.4, 0.5) is 5.69 Å². The lowest BCUT2D eigenvalue weighted by atomic mass is 10.1. The van der Waals surface area contributed by atoms with Crippen LogP contribution in [0.5, 0.6) is 0 Å². The number of amides is 3. The zero-order valence-corrected chi connectivity index (χ0v) is 14.3. The fourth-order valence-corrected chi connectivity index (χ4v) is 2.79. The van der Waals surface area contributed by atoms with Crippen molar-refractivity contribution >= 4 is 23.4 Å². The van der Waals surface area contributed by atoms with Crippen LogP contribution in [-0.2, 0) is 16.1 Å². The van der Waals surface area contributed by atoms with Gasteiger partial charge in [0.2, 0.25) is 11.8 Å². The highest BCUT2D eigenvalue weighted by molar-refractivity contribution is 6.09. The molecule has 0 saturated heterocycles. The summed E-state index contributed by atoms with van der Waals surface area (Å²) in [5.41, 5.74) is 0.911. The van der Waals surface area contributed by atoms with E-state index in [1.54, 1.807) is 36.8 Å². The van der Waals surface area contributed by atoms with E-state index in [2.05, 4.69) is 20.9 Å². The molecule has 3 rings (SSSR count). The first-order chi connectivity index (χ1) is 12.6. The average Bonchev–Trinajstić information content (AvgIpc) is 3.11. The predicted molar refractivity (Wildman–Crippen MR) is 95.4 cm³/mol. The lowest BCUT2D eigenvalue weighted by Crippen LogP contribution is -2.42. The second-order valence-corrected chi connectivity index (χ2v) is 6.10. The number of para-hydroxylation sites is 1. The molecule has 26 heavy (non-hydrogen) atoms. The third-order valence-corrected chi connectivity index (χ3v) is 4.19. The molecule has 1 atom stereocenters. The maximum Gasteiger partial charge on any atom is 0.254 e. The van der Waals surface area contributed by atoms with E-state index >= 15 is 0 Å². The highest BCUT2D eigenvalue weighted by atomic mass is 16.2. The van der Waals surface area contributed by atoms with E-state index in [-0.39, 0.29) is 30.6 Å². The molecule has 8 nitrogen and oxygen atoms in total. The topological polar surface area (TPSA) is 105 Å². The summed E-state index contributed by atoms with van der Waals surface area (Å²) in [6, 6.07) is 6.10. The van der Waals surface area contributed by atoms with Crippen molar-refractivity contribution in [3.63, 3.8) is 0 Å². The number of carbonyl (C=O) groups excluding carboxylic acids is 3. The van der Waals surface area contributed by atoms with Crippen LogP contribution in [0.1, 0.15) is 29.6 Å². The molecule has 2 heterocycles. The van der Waals surface area contributed by atoms with Crippen molar-refractivity contribution < 1.29 is 14.4 Å². The van der Waals surface area contributed by atoms with Gasteiger partial charge in [-0.05, 0) is 25.0 Å². The Morgan fingerprint density at radius 2 is 2.12 bits per heavy atom. The van der Waals surface area contributed by atoms with Gasteiger partial charge in [-0.15, -0.1) is 0 Å². The molecule has 2 aromatic rings. The Morgan fingerprint density at radius 1 is 1.27 bits per heavy atom. The Hall–Kier alpha value is -3.16. The van der Waals surface area contributed by atoms with Crippen molar-refractivity contribution in [3.8, 4) is 0 Å². The highest BCUT2D eigenvalue weighted by Crippen LogP contribution is 2.19. The van der Waals surface area contributed by atoms with Gasteiger partial charge in [-0.1, -0.05) is 12.1 Å². The number of benzene rings is 1. The molecule has 0 fully saturated rings. The number of anilines is 1. The molecule has 0 spiro atoms. The number of fused-ring (bicyclic) bond motifs is 1. The summed E-state index contributed by atoms with van der Waals surface area (Å²) in [5.74, 6) is -0.764. The fraction of sp³-hybridized carbons (Fsp3) is 0.333. The molecule has 136 valence electrons. The fourth-order valence-electron chi connectivity index (χ4n) is 2.79. The standard InChI is InChI=1S/C18H21N5O3/c24-16(20-8-3-10-23-11-9-19-12-23)7-6-15-18(26)21-14-5-2-1-4-13(14)17(25)22-15/h1-2,4-5,9,11-12,15H,3,6-8,10H2,(H,20,24)(H,21,26)(H,22,25). The van der Waals surface area contributed by atoms with Gasteiger partial charge in [0, 0.05) is 31.9 Å². The van der Waals surface area contributed by atoms with Crippen LogP contribution in [0, 0.1) is 0 Å². The maximum absolute atomic E-state index is 12.3. The Labute approximate surface area is 151 Å². The smallest absolute Gasteiger partial charge is 0.254 e. The van der Waals surface area contributed by atoms with Gasteiger partial charge in [-0.25, -0.2) is 4.98 Å². The number of hydrogen-bond acceptors (Lipinski definition) is 4. The van der Waals surface area contributed by atoms with Gasteiger partial charge in [-0.2, -0.15) is 0 Å². The largest absolute Gasteiger partial charge is 0.356 e. The second-order valence-electron chi connectivity index (χ2n) is 6.10. The average molecular weight is 355 g/mol. The first kappa shape index (κ1) is 17.7. The van der Waals surface area contributed by atoms with Crippen LogP contribution in [0.2, 0.25) is 0 Å². The van der Waals surface area contributed by atoms with Crippen LogP contribution in [0.15, 0.2) is 43.0 Å². The SMILES string of the molecule is O=C(CCC1NC(=O)c2ccccc2NC1=O)NCCCn1ccnc1. The lowest BCUT2D eigenvalue weighted by Gasteiger charge is -2.14. The minimum Gasteiger partial charge on any atom is -0.356 e. The third kappa shape index (κ3) is 4.47. The summed E-state index contributed by atoms with van der Waals surface area (Å²) in [6.45, 7) is 1.32. The summed E-state index contributed by atoms with van der Waals surface area (Å²) in [6.07, 6.45) is 6.51. The lowest BCUT2D eigenvalue weighted by molar-refractivity contribution is -0.121. The number of aromatic nitrogens is 2. The molecule has 1 unspecified atom stereocenters. The van der Waals surface area contributed by atoms with Crippen LogP contribution < -0.4 is 16.0 Å². The monoisotopic (exact) mass is 355 g/mol. The van der Waals surface area contributed by atoms with Crippen molar-refractivity contribution in [2.45, 2.75) is 31.8 Å². The number of nitrogens with one attached hydrogen (secondary N) is 3. The summed E-state index contributed by atoms with van der Waals surface area (Å²) in [7, 11) is 0. The molecular formula is C18H21N5O3. The molecule has 0 radical (unpaired) electrons. The van der Waals surface area contributed by atoms with E-state index in [9.17, 15) is 14.4 Å². The molecule has 8 heteroatoms. The number of aryl methyl sites for hydroxylation is 1. The van der Waals surface area contributed by atoms with Crippen LogP contribution in [0.3, 0.4) is 0 Å². The first-order valence-electron chi connectivity index (χ1n) is 8.56. The molecule has 3 N–H and O–H groups in total. The van der Waals surface area contributed by atoms with E-state index in [4.69, 9.17) is 0 Å². The number of imidazole rings is 1. The van der Waals surface area contributed by atoms with E-state index in [0.717, 1.165) is 13.0 Å². The molecule has 1 aromatic heterocycles. The molecule has 0 aliphatic carbocycles. The molecule has 1 aliphatic rings. The van der Waals surface area contributed by atoms with E-state index < -0.39 is 6.04 Å². The Morgan fingerprint density at radius 3 is 2.92 bits per heavy atom. The van der Waals surface area contributed by atoms with Gasteiger partial charge in [0.05, 0.1) is 17.6 Å². The molecule has 3 amide bonds. The summed E-state index contributed by atoms with van der Waals surface area (Å²) < 4.78 is 1.94. The Balaban J connectivity index is 1.43. The quantitative estimate of drug-likeness (QED) is 0.642. The molecule has 0 bridgehead atoms. The highest BCUT2D eigenvalue weighted by Gasteiger charge is 2.27. The van der Waals surface area contributed by atoms with Crippen molar-refractivity contribution in [2.24, 2.45) is 0 Å². The Bertz CT molecular complexity index is 788. The number of nitrogens with zero attached hydrogens (tertiary/aromatic N) is 2. The normalized spacial score (nSPS) is 16.2. The minimum absolute atomic E-state index is 0.139. The number of hydrogen-bond donors (Lipinski definition) is 3. The summed E-state index contributed by atoms with van der Waals surface area (Å²) in [4.78, 5) is 40.4. The zero-order chi connectivity index (χ0) is 18.4. The molecule has 1 aromatic carbocycles. The van der Waals surface area contributed by atoms with E-state index in [1.807, 2.05) is 10.8 Å². The molecule has 1 aliphatic heterocycles. The maximum atomic E-state index is 12.3. The second kappa shape index (κ2) is 8.28. The minimum atomic E-state index is -0.730. The number of rotatable bonds is 7. The van der Waals surface area contributed by atoms with Crippen molar-refractivity contribution in [3.05, 3.63) is 48.5 Å². The van der Waals surface area contributed by atoms with Crippen molar-refractivity contribution in [1.82, 2.24) is 20.2 Å². The zero-order valence-electron chi connectivity index (χ0n) is 14.3. The van der Waals surface area contributed by atoms with Gasteiger partial charge < -0.3 is 20.5 Å². The van der Waals surface area contributed by atoms with Gasteiger partial charge >= 0.3 is 0 Å². The van der Waals surface area contributed by atoms with Crippen molar-refractivity contribution in [2.75, 3.05) is 11.9 Å². The van der Waals surface area contributed by atoms with Crippen LogP contribution in [-0.4, -0.2) is 39.9 Å². The van der Waals surface area contributed by atoms with Gasteiger partial charge in [0.25, 0.3) is 5.91 Å². The van der Waals surface area contributed by atoms with E-state index in [1.165, 1.54) is 0 Å². The Kier molecular flexibility index (Phi) is 5.62. The number of carbonyl (C=O) groups is 3. The van der Waals surface area contributed by atoms with Gasteiger partial charge in [0.1, 0.15) is 6.04 Å². The first-order valence-corrected chi connectivity index (χ1v) is 8.56. The molecule has 0 saturated carbocycles. The van der Waals surface area contributed by atoms with Crippen molar-refractivity contribution in [1.29, 1.82) is 0 Å². The van der Waals surface area contributed by atoms with Gasteiger partial charge in [0.15, 0.2) is 0 Å². The summed E-state index contributed by atoms with van der Waals surface area (Å²) in [5, 5.41) is 8.24. The third-order valence-electron chi connectivity index (χ3n) is 4.19. The van der Waals surface area contributed by atoms with Gasteiger partial charge in [-0.3, -0.25) is 14.4 Å². The van der Waals surface area contributed by atoms with Crippen LogP contribution in [0.25, 0.3) is 0 Å². The predicted octanol–water partition coefficient (Wildman–Crippen LogP) is 0.920. The van der Waals surface area contributed by atoms with E-state index in [0.29, 0.717) is 17.8 Å². The summed E-state index contributed by atoms with van der Waals surface area (Å²) >= 11 is 0.